The van der Waals surface area contributed by atoms with E-state index in [1.54, 1.807) is 6.07 Å². The highest BCUT2D eigenvalue weighted by Crippen LogP contribution is 2.40. The molecule has 0 aliphatic heterocycles. The summed E-state index contributed by atoms with van der Waals surface area (Å²) in [7, 11) is 0. The van der Waals surface area contributed by atoms with E-state index in [4.69, 9.17) is 5.11 Å². The number of nitrogens with zero attached hydrogens (tertiary/aromatic N) is 3. The van der Waals surface area contributed by atoms with Crippen LogP contribution in [0.15, 0.2) is 18.2 Å². The van der Waals surface area contributed by atoms with E-state index in [-0.39, 0.29) is 17.6 Å². The zero-order valence-corrected chi connectivity index (χ0v) is 11.8. The van der Waals surface area contributed by atoms with Gasteiger partial charge in [-0.2, -0.15) is 0 Å². The number of rotatable bonds is 3. The number of aromatic carboxylic acids is 1. The van der Waals surface area contributed by atoms with E-state index in [0.29, 0.717) is 15.1 Å². The van der Waals surface area contributed by atoms with Crippen molar-refractivity contribution in [3.8, 4) is 5.69 Å². The van der Waals surface area contributed by atoms with E-state index < -0.39 is 5.97 Å². The van der Waals surface area contributed by atoms with Gasteiger partial charge in [0.25, 0.3) is 5.82 Å². The molecule has 1 aliphatic rings. The van der Waals surface area contributed by atoms with Gasteiger partial charge < -0.3 is 5.11 Å². The van der Waals surface area contributed by atoms with Crippen molar-refractivity contribution in [3.05, 3.63) is 39.2 Å². The fourth-order valence-corrected chi connectivity index (χ4v) is 2.56. The van der Waals surface area contributed by atoms with Crippen LogP contribution >= 0.6 is 22.6 Å². The number of aromatic nitrogens is 3. The third kappa shape index (κ3) is 2.34. The van der Waals surface area contributed by atoms with Crippen LogP contribution in [0, 0.1) is 9.39 Å². The molecule has 0 unspecified atom stereocenters. The first-order chi connectivity index (χ1) is 9.06. The maximum absolute atomic E-state index is 13.1. The van der Waals surface area contributed by atoms with Crippen LogP contribution in [0.25, 0.3) is 5.69 Å². The molecule has 1 saturated carbocycles. The number of halogens is 2. The molecule has 0 atom stereocenters. The van der Waals surface area contributed by atoms with Crippen molar-refractivity contribution in [2.75, 3.05) is 0 Å². The van der Waals surface area contributed by atoms with Crippen molar-refractivity contribution in [3.63, 3.8) is 0 Å². The van der Waals surface area contributed by atoms with Crippen molar-refractivity contribution in [1.29, 1.82) is 0 Å². The average molecular weight is 373 g/mol. The Morgan fingerprint density at radius 2 is 2.21 bits per heavy atom. The fourth-order valence-electron chi connectivity index (χ4n) is 1.85. The standard InChI is InChI=1S/C12H9FIN3O2/c13-7-3-4-9(8(14)5-7)17-11(6-1-2-6)15-10(16-17)12(18)19/h3-6H,1-2H2,(H,18,19). The van der Waals surface area contributed by atoms with Crippen LogP contribution in [0.2, 0.25) is 0 Å². The minimum atomic E-state index is -1.15. The van der Waals surface area contributed by atoms with Gasteiger partial charge in [-0.25, -0.2) is 18.9 Å². The molecule has 98 valence electrons. The smallest absolute Gasteiger partial charge is 0.375 e. The van der Waals surface area contributed by atoms with Gasteiger partial charge in [0, 0.05) is 9.49 Å². The van der Waals surface area contributed by atoms with E-state index in [1.165, 1.54) is 16.8 Å². The summed E-state index contributed by atoms with van der Waals surface area (Å²) < 4.78 is 15.3. The predicted molar refractivity (Wildman–Crippen MR) is 73.0 cm³/mol. The molecule has 5 nitrogen and oxygen atoms in total. The van der Waals surface area contributed by atoms with Gasteiger partial charge in [0.15, 0.2) is 0 Å². The molecule has 0 radical (unpaired) electrons. The van der Waals surface area contributed by atoms with E-state index in [9.17, 15) is 9.18 Å². The highest BCUT2D eigenvalue weighted by atomic mass is 127. The average Bonchev–Trinajstić information content (AvgIpc) is 3.09. The molecule has 1 N–H and O–H groups in total. The van der Waals surface area contributed by atoms with Gasteiger partial charge in [-0.15, -0.1) is 5.10 Å². The van der Waals surface area contributed by atoms with Gasteiger partial charge in [0.05, 0.1) is 5.69 Å². The maximum Gasteiger partial charge on any atom is 0.375 e. The number of hydrogen-bond donors (Lipinski definition) is 1. The van der Waals surface area contributed by atoms with Crippen LogP contribution < -0.4 is 0 Å². The van der Waals surface area contributed by atoms with Crippen molar-refractivity contribution in [1.82, 2.24) is 14.8 Å². The zero-order valence-electron chi connectivity index (χ0n) is 9.68. The molecule has 0 saturated heterocycles. The number of hydrogen-bond acceptors (Lipinski definition) is 3. The van der Waals surface area contributed by atoms with Crippen LogP contribution in [-0.2, 0) is 0 Å². The van der Waals surface area contributed by atoms with Gasteiger partial charge in [-0.3, -0.25) is 0 Å². The first kappa shape index (κ1) is 12.5. The lowest BCUT2D eigenvalue weighted by Gasteiger charge is -2.07. The topological polar surface area (TPSA) is 68.0 Å². The largest absolute Gasteiger partial charge is 0.475 e. The predicted octanol–water partition coefficient (Wildman–Crippen LogP) is 2.59. The molecule has 2 aromatic rings. The second-order valence-electron chi connectivity index (χ2n) is 4.38. The molecule has 1 aliphatic carbocycles. The van der Waals surface area contributed by atoms with Crippen LogP contribution in [0.4, 0.5) is 4.39 Å². The fraction of sp³-hybridized carbons (Fsp3) is 0.250. The summed E-state index contributed by atoms with van der Waals surface area (Å²) >= 11 is 2.00. The summed E-state index contributed by atoms with van der Waals surface area (Å²) in [5.74, 6) is -0.817. The Morgan fingerprint density at radius 1 is 1.47 bits per heavy atom. The van der Waals surface area contributed by atoms with E-state index in [2.05, 4.69) is 10.1 Å². The molecular formula is C12H9FIN3O2. The lowest BCUT2D eigenvalue weighted by atomic mass is 10.3. The van der Waals surface area contributed by atoms with Crippen LogP contribution in [0.5, 0.6) is 0 Å². The Labute approximate surface area is 121 Å². The second kappa shape index (κ2) is 4.55. The molecule has 0 bridgehead atoms. The lowest BCUT2D eigenvalue weighted by Crippen LogP contribution is -2.05. The van der Waals surface area contributed by atoms with E-state index in [0.717, 1.165) is 12.8 Å². The molecule has 19 heavy (non-hydrogen) atoms. The Bertz CT molecular complexity index is 667. The quantitative estimate of drug-likeness (QED) is 0.840. The van der Waals surface area contributed by atoms with E-state index >= 15 is 0 Å². The molecule has 0 amide bonds. The lowest BCUT2D eigenvalue weighted by molar-refractivity contribution is 0.0683. The van der Waals surface area contributed by atoms with Gasteiger partial charge in [0.1, 0.15) is 11.6 Å². The van der Waals surface area contributed by atoms with Gasteiger partial charge in [-0.05, 0) is 53.6 Å². The number of carboxylic acids is 1. The highest BCUT2D eigenvalue weighted by molar-refractivity contribution is 14.1. The van der Waals surface area contributed by atoms with Gasteiger partial charge in [0.2, 0.25) is 0 Å². The normalized spacial score (nSPS) is 14.6. The maximum atomic E-state index is 13.1. The summed E-state index contributed by atoms with van der Waals surface area (Å²) in [5.41, 5.74) is 0.656. The molecule has 3 rings (SSSR count). The Hall–Kier alpha value is -1.51. The zero-order chi connectivity index (χ0) is 13.6. The minimum absolute atomic E-state index is 0.220. The molecule has 7 heteroatoms. The second-order valence-corrected chi connectivity index (χ2v) is 5.54. The van der Waals surface area contributed by atoms with Crippen LogP contribution in [-0.4, -0.2) is 25.8 Å². The Morgan fingerprint density at radius 3 is 2.79 bits per heavy atom. The van der Waals surface area contributed by atoms with Crippen molar-refractivity contribution in [2.45, 2.75) is 18.8 Å². The van der Waals surface area contributed by atoms with Crippen LogP contribution in [0.3, 0.4) is 0 Å². The first-order valence-electron chi connectivity index (χ1n) is 5.72. The summed E-state index contributed by atoms with van der Waals surface area (Å²) in [6.45, 7) is 0. The Kier molecular flexibility index (Phi) is 3.00. The highest BCUT2D eigenvalue weighted by Gasteiger charge is 2.31. The molecular weight excluding hydrogens is 364 g/mol. The first-order valence-corrected chi connectivity index (χ1v) is 6.80. The summed E-state index contributed by atoms with van der Waals surface area (Å²) in [5, 5.41) is 13.0. The molecule has 1 aromatic carbocycles. The summed E-state index contributed by atoms with van der Waals surface area (Å²) in [6, 6.07) is 4.30. The summed E-state index contributed by atoms with van der Waals surface area (Å²) in [6.07, 6.45) is 1.96. The van der Waals surface area contributed by atoms with Crippen LogP contribution in [0.1, 0.15) is 35.2 Å². The monoisotopic (exact) mass is 373 g/mol. The molecule has 0 spiro atoms. The summed E-state index contributed by atoms with van der Waals surface area (Å²) in [4.78, 5) is 15.0. The van der Waals surface area contributed by atoms with Crippen molar-refractivity contribution in [2.24, 2.45) is 0 Å². The molecule has 1 heterocycles. The van der Waals surface area contributed by atoms with Crippen molar-refractivity contribution < 1.29 is 14.3 Å². The number of benzene rings is 1. The minimum Gasteiger partial charge on any atom is -0.475 e. The Balaban J connectivity index is 2.15. The molecule has 1 aromatic heterocycles. The number of carbonyl (C=O) groups is 1. The third-order valence-corrected chi connectivity index (χ3v) is 3.77. The van der Waals surface area contributed by atoms with E-state index in [1.807, 2.05) is 22.6 Å². The van der Waals surface area contributed by atoms with Crippen molar-refractivity contribution >= 4 is 28.6 Å². The molecule has 1 fully saturated rings. The van der Waals surface area contributed by atoms with Gasteiger partial charge in [-0.1, -0.05) is 0 Å². The third-order valence-electron chi connectivity index (χ3n) is 2.90. The van der Waals surface area contributed by atoms with Gasteiger partial charge >= 0.3 is 5.97 Å². The SMILES string of the molecule is O=C(O)c1nc(C2CC2)n(-c2ccc(F)cc2I)n1. The number of carboxylic acid groups (broad SMARTS) is 1.